The Balaban J connectivity index is 1.57. The predicted octanol–water partition coefficient (Wildman–Crippen LogP) is 3.03. The van der Waals surface area contributed by atoms with Crippen LogP contribution in [0.25, 0.3) is 0 Å². The lowest BCUT2D eigenvalue weighted by atomic mass is 9.94. The number of carbonyl (C=O) groups is 2. The van der Waals surface area contributed by atoms with Gasteiger partial charge in [-0.2, -0.15) is 0 Å². The molecule has 3 rings (SSSR count). The Kier molecular flexibility index (Phi) is 6.08. The number of benzene rings is 1. The minimum absolute atomic E-state index is 0.0723. The smallest absolute Gasteiger partial charge is 0.253 e. The molecule has 1 aromatic carbocycles. The Bertz CT molecular complexity index is 587. The molecule has 5 heteroatoms. The Morgan fingerprint density at radius 1 is 1.00 bits per heavy atom. The zero-order valence-corrected chi connectivity index (χ0v) is 15.1. The van der Waals surface area contributed by atoms with Crippen LogP contribution in [0.5, 0.6) is 0 Å². The summed E-state index contributed by atoms with van der Waals surface area (Å²) < 4.78 is 0. The predicted molar refractivity (Wildman–Crippen MR) is 99.6 cm³/mol. The van der Waals surface area contributed by atoms with Gasteiger partial charge in [-0.15, -0.1) is 0 Å². The number of hydrogen-bond acceptors (Lipinski definition) is 3. The third-order valence-corrected chi connectivity index (χ3v) is 5.55. The molecule has 25 heavy (non-hydrogen) atoms. The third-order valence-electron chi connectivity index (χ3n) is 5.55. The minimum Gasteiger partial charge on any atom is -0.339 e. The lowest BCUT2D eigenvalue weighted by Crippen LogP contribution is -2.38. The maximum Gasteiger partial charge on any atom is 0.253 e. The van der Waals surface area contributed by atoms with Crippen molar-refractivity contribution in [3.63, 3.8) is 0 Å². The van der Waals surface area contributed by atoms with E-state index in [-0.39, 0.29) is 17.7 Å². The van der Waals surface area contributed by atoms with Gasteiger partial charge in [0, 0.05) is 30.3 Å². The molecule has 1 aromatic rings. The van der Waals surface area contributed by atoms with E-state index in [1.54, 1.807) is 0 Å². The summed E-state index contributed by atoms with van der Waals surface area (Å²) in [7, 11) is 1.91. The van der Waals surface area contributed by atoms with Crippen LogP contribution in [0.15, 0.2) is 24.3 Å². The Labute approximate surface area is 150 Å². The molecule has 2 N–H and O–H groups in total. The van der Waals surface area contributed by atoms with Gasteiger partial charge < -0.3 is 15.5 Å². The molecule has 0 unspecified atom stereocenters. The van der Waals surface area contributed by atoms with E-state index < -0.39 is 0 Å². The maximum atomic E-state index is 12.7. The number of hydrogen-bond donors (Lipinski definition) is 2. The first kappa shape index (κ1) is 17.9. The molecule has 1 aliphatic carbocycles. The molecule has 2 fully saturated rings. The molecule has 0 atom stereocenters. The molecule has 2 aliphatic rings. The van der Waals surface area contributed by atoms with Crippen LogP contribution in [0, 0.1) is 5.92 Å². The van der Waals surface area contributed by atoms with Crippen LogP contribution < -0.4 is 10.6 Å². The molecule has 1 heterocycles. The molecule has 0 spiro atoms. The van der Waals surface area contributed by atoms with Crippen LogP contribution in [0.1, 0.15) is 55.3 Å². The monoisotopic (exact) mass is 343 g/mol. The number of amides is 2. The quantitative estimate of drug-likeness (QED) is 0.883. The molecule has 2 amide bonds. The first-order valence-electron chi connectivity index (χ1n) is 9.54. The van der Waals surface area contributed by atoms with Crippen LogP contribution in [0.4, 0.5) is 5.69 Å². The normalized spacial score (nSPS) is 19.4. The highest BCUT2D eigenvalue weighted by atomic mass is 16.2. The van der Waals surface area contributed by atoms with Gasteiger partial charge in [0.05, 0.1) is 0 Å². The van der Waals surface area contributed by atoms with Gasteiger partial charge in [-0.1, -0.05) is 19.3 Å². The van der Waals surface area contributed by atoms with Crippen molar-refractivity contribution in [3.8, 4) is 0 Å². The molecule has 1 saturated heterocycles. The highest BCUT2D eigenvalue weighted by Gasteiger charge is 2.23. The van der Waals surface area contributed by atoms with E-state index in [0.717, 1.165) is 44.5 Å². The first-order chi connectivity index (χ1) is 12.1. The van der Waals surface area contributed by atoms with Crippen LogP contribution in [-0.4, -0.2) is 42.9 Å². The van der Waals surface area contributed by atoms with Crippen LogP contribution in [0.3, 0.4) is 0 Å². The van der Waals surface area contributed by atoms with Gasteiger partial charge in [0.2, 0.25) is 5.91 Å². The topological polar surface area (TPSA) is 61.4 Å². The van der Waals surface area contributed by atoms with Crippen molar-refractivity contribution in [1.29, 1.82) is 0 Å². The lowest BCUT2D eigenvalue weighted by Gasteiger charge is -2.31. The van der Waals surface area contributed by atoms with Crippen molar-refractivity contribution in [1.82, 2.24) is 10.2 Å². The highest BCUT2D eigenvalue weighted by molar-refractivity contribution is 5.96. The van der Waals surface area contributed by atoms with Gasteiger partial charge in [0.25, 0.3) is 5.91 Å². The Morgan fingerprint density at radius 3 is 2.28 bits per heavy atom. The lowest BCUT2D eigenvalue weighted by molar-refractivity contribution is -0.120. The standard InChI is InChI=1S/C20H29N3O2/c1-23(18-5-3-2-4-6-18)20(25)16-7-9-17(10-8-16)22-19(24)15-11-13-21-14-12-15/h7-10,15,18,21H,2-6,11-14H2,1H3,(H,22,24). The van der Waals surface area contributed by atoms with Gasteiger partial charge in [0.1, 0.15) is 0 Å². The van der Waals surface area contributed by atoms with Crippen LogP contribution >= 0.6 is 0 Å². The zero-order valence-electron chi connectivity index (χ0n) is 15.1. The molecule has 0 aromatic heterocycles. The minimum atomic E-state index is 0.0723. The largest absolute Gasteiger partial charge is 0.339 e. The molecule has 5 nitrogen and oxygen atoms in total. The summed E-state index contributed by atoms with van der Waals surface area (Å²) in [6, 6.07) is 7.67. The van der Waals surface area contributed by atoms with Gasteiger partial charge in [-0.05, 0) is 63.0 Å². The summed E-state index contributed by atoms with van der Waals surface area (Å²) in [6.07, 6.45) is 7.68. The van der Waals surface area contributed by atoms with E-state index in [9.17, 15) is 9.59 Å². The number of rotatable bonds is 4. The van der Waals surface area contributed by atoms with E-state index in [4.69, 9.17) is 0 Å². The second-order valence-electron chi connectivity index (χ2n) is 7.30. The molecule has 1 aliphatic heterocycles. The van der Waals surface area contributed by atoms with Gasteiger partial charge in [-0.25, -0.2) is 0 Å². The fourth-order valence-electron chi connectivity index (χ4n) is 3.86. The SMILES string of the molecule is CN(C(=O)c1ccc(NC(=O)C2CCNCC2)cc1)C1CCCCC1. The first-order valence-corrected chi connectivity index (χ1v) is 9.54. The van der Waals surface area contributed by atoms with Crippen molar-refractivity contribution < 1.29 is 9.59 Å². The summed E-state index contributed by atoms with van der Waals surface area (Å²) in [5.74, 6) is 0.239. The second kappa shape index (κ2) is 8.48. The summed E-state index contributed by atoms with van der Waals surface area (Å²) >= 11 is 0. The highest BCUT2D eigenvalue weighted by Crippen LogP contribution is 2.23. The van der Waals surface area contributed by atoms with Crippen molar-refractivity contribution in [3.05, 3.63) is 29.8 Å². The zero-order chi connectivity index (χ0) is 17.6. The van der Waals surface area contributed by atoms with Gasteiger partial charge >= 0.3 is 0 Å². The molecular formula is C20H29N3O2. The fraction of sp³-hybridized carbons (Fsp3) is 0.600. The number of carbonyl (C=O) groups excluding carboxylic acids is 2. The molecule has 1 saturated carbocycles. The molecule has 0 bridgehead atoms. The van der Waals surface area contributed by atoms with E-state index in [1.807, 2.05) is 36.2 Å². The molecule has 136 valence electrons. The number of anilines is 1. The maximum absolute atomic E-state index is 12.7. The molecular weight excluding hydrogens is 314 g/mol. The van der Waals surface area contributed by atoms with E-state index in [0.29, 0.717) is 11.6 Å². The van der Waals surface area contributed by atoms with Gasteiger partial charge in [0.15, 0.2) is 0 Å². The fourth-order valence-corrected chi connectivity index (χ4v) is 3.86. The number of nitrogens with one attached hydrogen (secondary N) is 2. The second-order valence-corrected chi connectivity index (χ2v) is 7.30. The van der Waals surface area contributed by atoms with Crippen LogP contribution in [-0.2, 0) is 4.79 Å². The Hall–Kier alpha value is -1.88. The molecule has 0 radical (unpaired) electrons. The van der Waals surface area contributed by atoms with Crippen LogP contribution in [0.2, 0.25) is 0 Å². The van der Waals surface area contributed by atoms with E-state index in [2.05, 4.69) is 10.6 Å². The number of nitrogens with zero attached hydrogens (tertiary/aromatic N) is 1. The van der Waals surface area contributed by atoms with E-state index in [1.165, 1.54) is 19.3 Å². The van der Waals surface area contributed by atoms with Crippen molar-refractivity contribution in [2.24, 2.45) is 5.92 Å². The number of piperidine rings is 1. The summed E-state index contributed by atoms with van der Waals surface area (Å²) in [5, 5.41) is 6.25. The third kappa shape index (κ3) is 4.60. The summed E-state index contributed by atoms with van der Waals surface area (Å²) in [4.78, 5) is 26.8. The Morgan fingerprint density at radius 2 is 1.64 bits per heavy atom. The average molecular weight is 343 g/mol. The summed E-state index contributed by atoms with van der Waals surface area (Å²) in [6.45, 7) is 1.80. The van der Waals surface area contributed by atoms with Crippen molar-refractivity contribution in [2.75, 3.05) is 25.5 Å². The van der Waals surface area contributed by atoms with Crippen molar-refractivity contribution in [2.45, 2.75) is 51.0 Å². The van der Waals surface area contributed by atoms with E-state index >= 15 is 0 Å². The van der Waals surface area contributed by atoms with Crippen molar-refractivity contribution >= 4 is 17.5 Å². The average Bonchev–Trinajstić information content (AvgIpc) is 2.69. The van der Waals surface area contributed by atoms with Gasteiger partial charge in [-0.3, -0.25) is 9.59 Å². The summed E-state index contributed by atoms with van der Waals surface area (Å²) in [5.41, 5.74) is 1.45.